The maximum absolute atomic E-state index is 11.2. The number of aliphatic carboxylic acids is 1. The van der Waals surface area contributed by atoms with Gasteiger partial charge >= 0.3 is 5.97 Å². The largest absolute Gasteiger partial charge is 0.481 e. The molecule has 1 heterocycles. The molecular weight excluding hydrogens is 268 g/mol. The summed E-state index contributed by atoms with van der Waals surface area (Å²) in [6.45, 7) is 6.32. The van der Waals surface area contributed by atoms with Crippen LogP contribution in [0.15, 0.2) is 30.3 Å². The smallest absolute Gasteiger partial charge is 0.306 e. The highest BCUT2D eigenvalue weighted by atomic mass is 16.6. The monoisotopic (exact) mass is 292 g/mol. The first-order valence-corrected chi connectivity index (χ1v) is 7.38. The zero-order chi connectivity index (χ0) is 15.5. The van der Waals surface area contributed by atoms with Gasteiger partial charge < -0.3 is 14.6 Å². The van der Waals surface area contributed by atoms with E-state index in [0.717, 1.165) is 18.4 Å². The van der Waals surface area contributed by atoms with Gasteiger partial charge in [0.2, 0.25) is 0 Å². The minimum Gasteiger partial charge on any atom is -0.481 e. The van der Waals surface area contributed by atoms with E-state index < -0.39 is 11.6 Å². The Labute approximate surface area is 126 Å². The summed E-state index contributed by atoms with van der Waals surface area (Å²) in [5.41, 5.74) is -0.0147. The Bertz CT molecular complexity index is 483. The van der Waals surface area contributed by atoms with Crippen LogP contribution in [0.2, 0.25) is 0 Å². The molecule has 2 rings (SSSR count). The Hall–Kier alpha value is -1.39. The van der Waals surface area contributed by atoms with Crippen molar-refractivity contribution in [3.63, 3.8) is 0 Å². The molecule has 1 aromatic carbocycles. The summed E-state index contributed by atoms with van der Waals surface area (Å²) in [6, 6.07) is 9.90. The third-order valence-electron chi connectivity index (χ3n) is 4.00. The summed E-state index contributed by atoms with van der Waals surface area (Å²) in [6.07, 6.45) is 1.42. The Morgan fingerprint density at radius 1 is 1.33 bits per heavy atom. The maximum Gasteiger partial charge on any atom is 0.306 e. The zero-order valence-electron chi connectivity index (χ0n) is 13.0. The lowest BCUT2D eigenvalue weighted by Gasteiger charge is -2.47. The molecule has 1 N–H and O–H groups in total. The van der Waals surface area contributed by atoms with Gasteiger partial charge in [0.25, 0.3) is 0 Å². The summed E-state index contributed by atoms with van der Waals surface area (Å²) in [7, 11) is 0. The number of ether oxygens (including phenoxy) is 2. The Morgan fingerprint density at radius 3 is 2.62 bits per heavy atom. The predicted octanol–water partition coefficient (Wildman–Crippen LogP) is 3.39. The van der Waals surface area contributed by atoms with Gasteiger partial charge in [-0.2, -0.15) is 0 Å². The third-order valence-corrected chi connectivity index (χ3v) is 4.00. The van der Waals surface area contributed by atoms with Crippen LogP contribution in [0.1, 0.15) is 45.6 Å². The van der Waals surface area contributed by atoms with Gasteiger partial charge in [0.15, 0.2) is 0 Å². The van der Waals surface area contributed by atoms with Crippen molar-refractivity contribution in [3.05, 3.63) is 35.9 Å². The fourth-order valence-electron chi connectivity index (χ4n) is 3.01. The van der Waals surface area contributed by atoms with E-state index in [2.05, 4.69) is 0 Å². The minimum absolute atomic E-state index is 0.0457. The second-order valence-corrected chi connectivity index (χ2v) is 6.57. The van der Waals surface area contributed by atoms with Crippen molar-refractivity contribution in [2.75, 3.05) is 0 Å². The minimum atomic E-state index is -0.858. The molecule has 0 amide bonds. The first-order chi connectivity index (χ1) is 9.81. The first kappa shape index (κ1) is 16.0. The number of rotatable bonds is 5. The fourth-order valence-corrected chi connectivity index (χ4v) is 3.01. The molecule has 0 unspecified atom stereocenters. The van der Waals surface area contributed by atoms with Gasteiger partial charge in [-0.1, -0.05) is 30.3 Å². The molecule has 0 aliphatic carbocycles. The van der Waals surface area contributed by atoms with Gasteiger partial charge in [0.1, 0.15) is 5.60 Å². The quantitative estimate of drug-likeness (QED) is 0.903. The molecule has 4 heteroatoms. The molecule has 0 aromatic heterocycles. The Kier molecular flexibility index (Phi) is 4.69. The van der Waals surface area contributed by atoms with Crippen LogP contribution in [-0.2, 0) is 20.9 Å². The molecule has 0 saturated carbocycles. The zero-order valence-corrected chi connectivity index (χ0v) is 13.0. The van der Waals surface area contributed by atoms with Crippen molar-refractivity contribution in [3.8, 4) is 0 Å². The molecule has 1 aliphatic rings. The van der Waals surface area contributed by atoms with Gasteiger partial charge in [-0.3, -0.25) is 4.79 Å². The molecule has 1 aliphatic heterocycles. The molecule has 1 aromatic rings. The van der Waals surface area contributed by atoms with Crippen molar-refractivity contribution in [2.45, 2.75) is 63.9 Å². The molecule has 2 atom stereocenters. The van der Waals surface area contributed by atoms with Crippen LogP contribution < -0.4 is 0 Å². The van der Waals surface area contributed by atoms with E-state index in [1.54, 1.807) is 0 Å². The molecule has 1 saturated heterocycles. The fraction of sp³-hybridized carbons (Fsp3) is 0.588. The van der Waals surface area contributed by atoms with Crippen molar-refractivity contribution >= 4 is 5.97 Å². The van der Waals surface area contributed by atoms with E-state index in [-0.39, 0.29) is 18.1 Å². The second kappa shape index (κ2) is 6.16. The van der Waals surface area contributed by atoms with E-state index in [4.69, 9.17) is 14.6 Å². The SMILES string of the molecule is CC1(C)CC[C@H](OCc2ccccc2)[C@](C)(CC(=O)O)O1. The van der Waals surface area contributed by atoms with E-state index in [1.807, 2.05) is 51.1 Å². The molecule has 1 fully saturated rings. The van der Waals surface area contributed by atoms with Crippen LogP contribution in [0.25, 0.3) is 0 Å². The van der Waals surface area contributed by atoms with Crippen LogP contribution >= 0.6 is 0 Å². The van der Waals surface area contributed by atoms with Gasteiger partial charge in [0, 0.05) is 0 Å². The lowest BCUT2D eigenvalue weighted by atomic mass is 9.83. The normalized spacial score (nSPS) is 28.2. The lowest BCUT2D eigenvalue weighted by molar-refractivity contribution is -0.235. The van der Waals surface area contributed by atoms with Crippen molar-refractivity contribution < 1.29 is 19.4 Å². The average Bonchev–Trinajstić information content (AvgIpc) is 2.36. The molecule has 0 radical (unpaired) electrons. The molecule has 0 spiro atoms. The summed E-state index contributed by atoms with van der Waals surface area (Å²) in [5, 5.41) is 9.17. The van der Waals surface area contributed by atoms with Gasteiger partial charge in [-0.25, -0.2) is 0 Å². The number of carbonyl (C=O) groups is 1. The van der Waals surface area contributed by atoms with Gasteiger partial charge in [-0.15, -0.1) is 0 Å². The summed E-state index contributed by atoms with van der Waals surface area (Å²) < 4.78 is 12.1. The van der Waals surface area contributed by atoms with Crippen LogP contribution in [0, 0.1) is 0 Å². The molecule has 4 nitrogen and oxygen atoms in total. The summed E-state index contributed by atoms with van der Waals surface area (Å²) in [5.74, 6) is -0.858. The number of carboxylic acid groups (broad SMARTS) is 1. The lowest BCUT2D eigenvalue weighted by Crippen LogP contribution is -2.54. The highest BCUT2D eigenvalue weighted by Gasteiger charge is 2.46. The first-order valence-electron chi connectivity index (χ1n) is 7.38. The van der Waals surface area contributed by atoms with E-state index in [9.17, 15) is 4.79 Å². The number of hydrogen-bond acceptors (Lipinski definition) is 3. The second-order valence-electron chi connectivity index (χ2n) is 6.57. The van der Waals surface area contributed by atoms with Gasteiger partial charge in [-0.05, 0) is 39.2 Å². The number of benzene rings is 1. The topological polar surface area (TPSA) is 55.8 Å². The van der Waals surface area contributed by atoms with Crippen LogP contribution in [-0.4, -0.2) is 28.4 Å². The highest BCUT2D eigenvalue weighted by molar-refractivity contribution is 5.68. The predicted molar refractivity (Wildman–Crippen MR) is 80.1 cm³/mol. The van der Waals surface area contributed by atoms with Crippen molar-refractivity contribution in [1.29, 1.82) is 0 Å². The van der Waals surface area contributed by atoms with Crippen LogP contribution in [0.5, 0.6) is 0 Å². The maximum atomic E-state index is 11.2. The van der Waals surface area contributed by atoms with E-state index >= 15 is 0 Å². The molecule has 116 valence electrons. The Morgan fingerprint density at radius 2 is 2.00 bits per heavy atom. The molecule has 0 bridgehead atoms. The van der Waals surface area contributed by atoms with E-state index in [0.29, 0.717) is 6.61 Å². The number of hydrogen-bond donors (Lipinski definition) is 1. The summed E-state index contributed by atoms with van der Waals surface area (Å²) >= 11 is 0. The number of carboxylic acids is 1. The molecule has 21 heavy (non-hydrogen) atoms. The van der Waals surface area contributed by atoms with Crippen LogP contribution in [0.4, 0.5) is 0 Å². The van der Waals surface area contributed by atoms with Gasteiger partial charge in [0.05, 0.1) is 24.7 Å². The highest BCUT2D eigenvalue weighted by Crippen LogP contribution is 2.39. The van der Waals surface area contributed by atoms with Crippen LogP contribution in [0.3, 0.4) is 0 Å². The van der Waals surface area contributed by atoms with Crippen molar-refractivity contribution in [1.82, 2.24) is 0 Å². The van der Waals surface area contributed by atoms with E-state index in [1.165, 1.54) is 0 Å². The van der Waals surface area contributed by atoms with Crippen molar-refractivity contribution in [2.24, 2.45) is 0 Å². The third kappa shape index (κ3) is 4.29. The Balaban J connectivity index is 2.06. The summed E-state index contributed by atoms with van der Waals surface area (Å²) in [4.78, 5) is 11.2. The molecular formula is C17H24O4. The standard InChI is InChI=1S/C17H24O4/c1-16(2)10-9-14(17(3,21-16)11-15(18)19)20-12-13-7-5-4-6-8-13/h4-8,14H,9-12H2,1-3H3,(H,18,19)/t14-,17-/m0/s1. The average molecular weight is 292 g/mol.